The van der Waals surface area contributed by atoms with Crippen LogP contribution in [0.4, 0.5) is 13.2 Å². The molecular formula is C14H16F3NO6. The van der Waals surface area contributed by atoms with Crippen molar-refractivity contribution in [1.82, 2.24) is 5.32 Å². The third-order valence-electron chi connectivity index (χ3n) is 2.89. The first-order chi connectivity index (χ1) is 11.1. The van der Waals surface area contributed by atoms with E-state index in [-0.39, 0.29) is 11.7 Å². The molecule has 2 rings (SSSR count). The number of hydrogen-bond donors (Lipinski definition) is 3. The van der Waals surface area contributed by atoms with Gasteiger partial charge in [-0.25, -0.2) is 9.59 Å². The molecule has 24 heavy (non-hydrogen) atoms. The molecule has 1 heterocycles. The second-order valence-electron chi connectivity index (χ2n) is 4.76. The van der Waals surface area contributed by atoms with E-state index in [1.54, 1.807) is 25.3 Å². The van der Waals surface area contributed by atoms with Crippen LogP contribution in [-0.2, 0) is 16.1 Å². The van der Waals surface area contributed by atoms with Gasteiger partial charge in [-0.2, -0.15) is 13.2 Å². The predicted octanol–water partition coefficient (Wildman–Crippen LogP) is 1.52. The molecule has 0 saturated heterocycles. The minimum atomic E-state index is -5.08. The zero-order valence-corrected chi connectivity index (χ0v) is 12.6. The van der Waals surface area contributed by atoms with Crippen molar-refractivity contribution in [2.24, 2.45) is 0 Å². The van der Waals surface area contributed by atoms with Crippen molar-refractivity contribution in [2.45, 2.75) is 18.8 Å². The number of rotatable bonds is 3. The fourth-order valence-electron chi connectivity index (χ4n) is 1.81. The fourth-order valence-corrected chi connectivity index (χ4v) is 1.81. The minimum absolute atomic E-state index is 0.0923. The number of aromatic carboxylic acids is 1. The second kappa shape index (κ2) is 8.50. The van der Waals surface area contributed by atoms with E-state index in [0.717, 1.165) is 5.56 Å². The number of carboxylic acid groups (broad SMARTS) is 2. The molecular weight excluding hydrogens is 335 g/mol. The zero-order valence-electron chi connectivity index (χ0n) is 12.6. The van der Waals surface area contributed by atoms with Crippen LogP contribution in [0.15, 0.2) is 18.2 Å². The monoisotopic (exact) mass is 351 g/mol. The summed E-state index contributed by atoms with van der Waals surface area (Å²) in [6, 6.07) is 4.93. The molecule has 0 spiro atoms. The van der Waals surface area contributed by atoms with Crippen LogP contribution >= 0.6 is 0 Å². The van der Waals surface area contributed by atoms with Crippen molar-refractivity contribution in [3.8, 4) is 5.75 Å². The molecule has 1 aliphatic rings. The molecule has 0 fully saturated rings. The maximum atomic E-state index is 10.9. The molecule has 0 saturated carbocycles. The molecule has 1 aromatic carbocycles. The molecule has 10 heteroatoms. The van der Waals surface area contributed by atoms with Crippen LogP contribution in [-0.4, -0.2) is 54.7 Å². The number of carbonyl (C=O) groups is 2. The van der Waals surface area contributed by atoms with E-state index in [9.17, 15) is 18.0 Å². The Morgan fingerprint density at radius 3 is 2.50 bits per heavy atom. The van der Waals surface area contributed by atoms with E-state index in [0.29, 0.717) is 25.4 Å². The average molecular weight is 351 g/mol. The number of ether oxygens (including phenoxy) is 2. The Balaban J connectivity index is 0.000000351. The van der Waals surface area contributed by atoms with Gasteiger partial charge in [0.1, 0.15) is 11.9 Å². The summed E-state index contributed by atoms with van der Waals surface area (Å²) in [6.07, 6.45) is -5.18. The van der Waals surface area contributed by atoms with Crippen LogP contribution in [0.1, 0.15) is 15.9 Å². The minimum Gasteiger partial charge on any atom is -0.486 e. The second-order valence-corrected chi connectivity index (χ2v) is 4.76. The van der Waals surface area contributed by atoms with Gasteiger partial charge in [-0.3, -0.25) is 0 Å². The Labute approximate surface area is 135 Å². The maximum Gasteiger partial charge on any atom is 0.490 e. The molecule has 7 nitrogen and oxygen atoms in total. The number of alkyl halides is 3. The summed E-state index contributed by atoms with van der Waals surface area (Å²) in [5.74, 6) is -3.08. The number of fused-ring (bicyclic) bond motifs is 1. The Kier molecular flexibility index (Phi) is 6.98. The van der Waals surface area contributed by atoms with Gasteiger partial charge in [0.25, 0.3) is 0 Å². The third-order valence-corrected chi connectivity index (χ3v) is 2.89. The number of hydrogen-bond acceptors (Lipinski definition) is 5. The summed E-state index contributed by atoms with van der Waals surface area (Å²) >= 11 is 0. The summed E-state index contributed by atoms with van der Waals surface area (Å²) in [5, 5.41) is 19.3. The molecule has 0 aliphatic carbocycles. The molecule has 1 aromatic rings. The van der Waals surface area contributed by atoms with Gasteiger partial charge < -0.3 is 25.0 Å². The summed E-state index contributed by atoms with van der Waals surface area (Å²) in [6.45, 7) is 1.84. The van der Waals surface area contributed by atoms with Crippen LogP contribution in [0.5, 0.6) is 5.75 Å². The molecule has 0 aromatic heterocycles. The van der Waals surface area contributed by atoms with E-state index in [1.165, 1.54) is 0 Å². The molecule has 0 amide bonds. The molecule has 1 aliphatic heterocycles. The van der Waals surface area contributed by atoms with Gasteiger partial charge in [0.05, 0.1) is 12.2 Å². The van der Waals surface area contributed by atoms with Gasteiger partial charge in [-0.05, 0) is 12.1 Å². The smallest absolute Gasteiger partial charge is 0.486 e. The third kappa shape index (κ3) is 6.05. The topological polar surface area (TPSA) is 105 Å². The average Bonchev–Trinajstić information content (AvgIpc) is 2.68. The van der Waals surface area contributed by atoms with Crippen LogP contribution in [0.3, 0.4) is 0 Å². The molecule has 1 atom stereocenters. The van der Waals surface area contributed by atoms with E-state index in [2.05, 4.69) is 5.32 Å². The number of carboxylic acids is 2. The molecule has 134 valence electrons. The van der Waals surface area contributed by atoms with Crippen LogP contribution < -0.4 is 10.1 Å². The van der Waals surface area contributed by atoms with E-state index < -0.39 is 18.1 Å². The summed E-state index contributed by atoms with van der Waals surface area (Å²) in [7, 11) is 1.61. The van der Waals surface area contributed by atoms with Crippen LogP contribution in [0, 0.1) is 0 Å². The lowest BCUT2D eigenvalue weighted by molar-refractivity contribution is -0.192. The highest BCUT2D eigenvalue weighted by Gasteiger charge is 2.38. The van der Waals surface area contributed by atoms with Gasteiger partial charge in [-0.1, -0.05) is 6.07 Å². The number of nitrogens with one attached hydrogen (secondary N) is 1. The Bertz CT molecular complexity index is 590. The summed E-state index contributed by atoms with van der Waals surface area (Å²) in [4.78, 5) is 19.8. The highest BCUT2D eigenvalue weighted by Crippen LogP contribution is 2.23. The number of aliphatic carboxylic acids is 1. The van der Waals surface area contributed by atoms with E-state index >= 15 is 0 Å². The SMILES string of the molecule is COC[C@H]1CNCc2ccc(C(=O)O)cc2O1.O=C(O)C(F)(F)F. The van der Waals surface area contributed by atoms with Gasteiger partial charge in [0, 0.05) is 25.8 Å². The highest BCUT2D eigenvalue weighted by molar-refractivity contribution is 5.88. The first-order valence-corrected chi connectivity index (χ1v) is 6.67. The van der Waals surface area contributed by atoms with Crippen molar-refractivity contribution >= 4 is 11.9 Å². The van der Waals surface area contributed by atoms with E-state index in [1.807, 2.05) is 0 Å². The largest absolute Gasteiger partial charge is 0.490 e. The lowest BCUT2D eigenvalue weighted by atomic mass is 10.1. The fraction of sp³-hybridized carbons (Fsp3) is 0.429. The van der Waals surface area contributed by atoms with Crippen molar-refractivity contribution < 1.29 is 42.4 Å². The molecule has 0 bridgehead atoms. The Morgan fingerprint density at radius 1 is 1.38 bits per heavy atom. The van der Waals surface area contributed by atoms with Gasteiger partial charge in [-0.15, -0.1) is 0 Å². The lowest BCUT2D eigenvalue weighted by Gasteiger charge is -2.16. The number of benzene rings is 1. The molecule has 3 N–H and O–H groups in total. The Morgan fingerprint density at radius 2 is 2.00 bits per heavy atom. The first kappa shape index (κ1) is 19.7. The van der Waals surface area contributed by atoms with E-state index in [4.69, 9.17) is 24.5 Å². The van der Waals surface area contributed by atoms with Crippen molar-refractivity contribution in [3.05, 3.63) is 29.3 Å². The molecule has 0 unspecified atom stereocenters. The lowest BCUT2D eigenvalue weighted by Crippen LogP contribution is -2.32. The number of methoxy groups -OCH3 is 1. The van der Waals surface area contributed by atoms with Gasteiger partial charge >= 0.3 is 18.1 Å². The van der Waals surface area contributed by atoms with Crippen molar-refractivity contribution in [3.63, 3.8) is 0 Å². The van der Waals surface area contributed by atoms with Gasteiger partial charge in [0.2, 0.25) is 0 Å². The Hall–Kier alpha value is -2.33. The van der Waals surface area contributed by atoms with Crippen LogP contribution in [0.2, 0.25) is 0 Å². The quantitative estimate of drug-likeness (QED) is 0.758. The summed E-state index contributed by atoms with van der Waals surface area (Å²) in [5.41, 5.74) is 1.20. The first-order valence-electron chi connectivity index (χ1n) is 6.67. The standard InChI is InChI=1S/C12H15NO4.C2HF3O2/c1-16-7-10-6-13-5-9-3-2-8(12(14)15)4-11(9)17-10;3-2(4,5)1(6)7/h2-4,10,13H,5-7H2,1H3,(H,14,15);(H,6,7)/t10-;/m1./s1. The van der Waals surface area contributed by atoms with Crippen molar-refractivity contribution in [1.29, 1.82) is 0 Å². The van der Waals surface area contributed by atoms with Gasteiger partial charge in [0.15, 0.2) is 0 Å². The van der Waals surface area contributed by atoms with Crippen molar-refractivity contribution in [2.75, 3.05) is 20.3 Å². The normalized spacial score (nSPS) is 16.8. The maximum absolute atomic E-state index is 10.9. The summed E-state index contributed by atoms with van der Waals surface area (Å²) < 4.78 is 42.5. The van der Waals surface area contributed by atoms with Crippen LogP contribution in [0.25, 0.3) is 0 Å². The molecule has 0 radical (unpaired) electrons. The zero-order chi connectivity index (χ0) is 18.3. The predicted molar refractivity (Wildman–Crippen MR) is 75.1 cm³/mol. The number of halogens is 3. The highest BCUT2D eigenvalue weighted by atomic mass is 19.4.